The van der Waals surface area contributed by atoms with Gasteiger partial charge in [0.1, 0.15) is 0 Å². The average Bonchev–Trinajstić information content (AvgIpc) is 2.96. The molecule has 1 aliphatic rings. The summed E-state index contributed by atoms with van der Waals surface area (Å²) in [6, 6.07) is 2.83. The molecular formula is C14H19N5. The summed E-state index contributed by atoms with van der Waals surface area (Å²) in [5.74, 6) is 0.708. The van der Waals surface area contributed by atoms with Crippen LogP contribution in [0, 0.1) is 0 Å². The van der Waals surface area contributed by atoms with Crippen LogP contribution in [-0.4, -0.2) is 27.0 Å². The van der Waals surface area contributed by atoms with Gasteiger partial charge in [0, 0.05) is 48.0 Å². The molecule has 2 aromatic rings. The monoisotopic (exact) mass is 257 g/mol. The van der Waals surface area contributed by atoms with Crippen molar-refractivity contribution in [3.8, 4) is 11.1 Å². The Morgan fingerprint density at radius 3 is 2.47 bits per heavy atom. The van der Waals surface area contributed by atoms with Gasteiger partial charge in [-0.25, -0.2) is 9.97 Å². The standard InChI is InChI=1S/C14H19N5/c15-12-1-3-13(4-2-12)19-14-17-8-11(9-18-14)10-5-6-16-7-10/h5-9,12-13,16H,1-4,15H2,(H,17,18,19). The fourth-order valence-electron chi connectivity index (χ4n) is 2.50. The Morgan fingerprint density at radius 1 is 1.11 bits per heavy atom. The summed E-state index contributed by atoms with van der Waals surface area (Å²) in [5, 5.41) is 3.39. The minimum Gasteiger partial charge on any atom is -0.367 e. The lowest BCUT2D eigenvalue weighted by atomic mass is 9.92. The summed E-state index contributed by atoms with van der Waals surface area (Å²) >= 11 is 0. The molecule has 0 bridgehead atoms. The number of nitrogens with one attached hydrogen (secondary N) is 2. The second-order valence-electron chi connectivity index (χ2n) is 5.15. The van der Waals surface area contributed by atoms with E-state index in [4.69, 9.17) is 5.73 Å². The van der Waals surface area contributed by atoms with Crippen molar-refractivity contribution in [2.45, 2.75) is 37.8 Å². The van der Waals surface area contributed by atoms with E-state index in [0.29, 0.717) is 18.0 Å². The lowest BCUT2D eigenvalue weighted by Crippen LogP contribution is -2.33. The maximum absolute atomic E-state index is 5.90. The minimum atomic E-state index is 0.370. The summed E-state index contributed by atoms with van der Waals surface area (Å²) in [4.78, 5) is 11.8. The smallest absolute Gasteiger partial charge is 0.222 e. The van der Waals surface area contributed by atoms with Crippen molar-refractivity contribution < 1.29 is 0 Å². The first kappa shape index (κ1) is 12.2. The van der Waals surface area contributed by atoms with Crippen LogP contribution in [0.3, 0.4) is 0 Å². The van der Waals surface area contributed by atoms with Gasteiger partial charge in [0.2, 0.25) is 5.95 Å². The van der Waals surface area contributed by atoms with Crippen LogP contribution in [0.1, 0.15) is 25.7 Å². The highest BCUT2D eigenvalue weighted by Crippen LogP contribution is 2.21. The van der Waals surface area contributed by atoms with E-state index in [1.165, 1.54) is 0 Å². The van der Waals surface area contributed by atoms with E-state index in [1.807, 2.05) is 30.9 Å². The molecule has 100 valence electrons. The maximum atomic E-state index is 5.90. The number of rotatable bonds is 3. The molecule has 0 amide bonds. The van der Waals surface area contributed by atoms with Gasteiger partial charge in [0.05, 0.1) is 0 Å². The van der Waals surface area contributed by atoms with Crippen molar-refractivity contribution in [3.63, 3.8) is 0 Å². The molecule has 5 heteroatoms. The van der Waals surface area contributed by atoms with Crippen LogP contribution in [0.5, 0.6) is 0 Å². The fourth-order valence-corrected chi connectivity index (χ4v) is 2.50. The van der Waals surface area contributed by atoms with Crippen molar-refractivity contribution in [2.24, 2.45) is 5.73 Å². The van der Waals surface area contributed by atoms with Crippen LogP contribution in [0.2, 0.25) is 0 Å². The zero-order chi connectivity index (χ0) is 13.1. The molecule has 0 atom stereocenters. The van der Waals surface area contributed by atoms with Gasteiger partial charge < -0.3 is 16.0 Å². The van der Waals surface area contributed by atoms with Crippen molar-refractivity contribution in [1.82, 2.24) is 15.0 Å². The number of aromatic nitrogens is 3. The first-order valence-electron chi connectivity index (χ1n) is 6.78. The Hall–Kier alpha value is -1.88. The molecule has 0 aliphatic heterocycles. The zero-order valence-corrected chi connectivity index (χ0v) is 10.8. The number of hydrogen-bond donors (Lipinski definition) is 3. The Labute approximate surface area is 112 Å². The molecule has 0 spiro atoms. The summed E-state index contributed by atoms with van der Waals surface area (Å²) < 4.78 is 0. The Bertz CT molecular complexity index is 497. The van der Waals surface area contributed by atoms with Gasteiger partial charge in [-0.2, -0.15) is 0 Å². The molecule has 4 N–H and O–H groups in total. The van der Waals surface area contributed by atoms with Gasteiger partial charge in [-0.3, -0.25) is 0 Å². The number of anilines is 1. The first-order chi connectivity index (χ1) is 9.31. The van der Waals surface area contributed by atoms with Crippen LogP contribution in [0.4, 0.5) is 5.95 Å². The van der Waals surface area contributed by atoms with Crippen molar-refractivity contribution in [2.75, 3.05) is 5.32 Å². The first-order valence-corrected chi connectivity index (χ1v) is 6.78. The lowest BCUT2D eigenvalue weighted by molar-refractivity contribution is 0.410. The molecular weight excluding hydrogens is 238 g/mol. The largest absolute Gasteiger partial charge is 0.367 e. The molecule has 2 aromatic heterocycles. The SMILES string of the molecule is NC1CCC(Nc2ncc(-c3cc[nH]c3)cn2)CC1. The average molecular weight is 257 g/mol. The van der Waals surface area contributed by atoms with E-state index in [0.717, 1.165) is 36.8 Å². The molecule has 0 radical (unpaired) electrons. The van der Waals surface area contributed by atoms with E-state index in [2.05, 4.69) is 20.3 Å². The predicted octanol–water partition coefficient (Wildman–Crippen LogP) is 2.15. The molecule has 1 fully saturated rings. The number of hydrogen-bond acceptors (Lipinski definition) is 4. The maximum Gasteiger partial charge on any atom is 0.222 e. The third kappa shape index (κ3) is 2.93. The fraction of sp³-hybridized carbons (Fsp3) is 0.429. The summed E-state index contributed by atoms with van der Waals surface area (Å²) in [5.41, 5.74) is 8.03. The molecule has 19 heavy (non-hydrogen) atoms. The highest BCUT2D eigenvalue weighted by atomic mass is 15.1. The van der Waals surface area contributed by atoms with Gasteiger partial charge in [-0.05, 0) is 31.7 Å². The zero-order valence-electron chi connectivity index (χ0n) is 10.8. The highest BCUT2D eigenvalue weighted by Gasteiger charge is 2.18. The van der Waals surface area contributed by atoms with E-state index in [-0.39, 0.29) is 0 Å². The third-order valence-corrected chi connectivity index (χ3v) is 3.69. The van der Waals surface area contributed by atoms with Gasteiger partial charge in [0.25, 0.3) is 0 Å². The molecule has 1 aliphatic carbocycles. The predicted molar refractivity (Wildman–Crippen MR) is 75.7 cm³/mol. The summed E-state index contributed by atoms with van der Waals surface area (Å²) in [6.07, 6.45) is 11.9. The quantitative estimate of drug-likeness (QED) is 0.787. The number of H-pyrrole nitrogens is 1. The van der Waals surface area contributed by atoms with E-state index in [9.17, 15) is 0 Å². The van der Waals surface area contributed by atoms with Crippen LogP contribution >= 0.6 is 0 Å². The molecule has 3 rings (SSSR count). The van der Waals surface area contributed by atoms with E-state index < -0.39 is 0 Å². The number of nitrogens with zero attached hydrogens (tertiary/aromatic N) is 2. The van der Waals surface area contributed by atoms with Gasteiger partial charge in [-0.1, -0.05) is 0 Å². The van der Waals surface area contributed by atoms with Gasteiger partial charge in [0.15, 0.2) is 0 Å². The summed E-state index contributed by atoms with van der Waals surface area (Å²) in [6.45, 7) is 0. The normalized spacial score (nSPS) is 23.2. The Morgan fingerprint density at radius 2 is 1.84 bits per heavy atom. The van der Waals surface area contributed by atoms with Crippen LogP contribution in [0.15, 0.2) is 30.9 Å². The van der Waals surface area contributed by atoms with E-state index in [1.54, 1.807) is 0 Å². The lowest BCUT2D eigenvalue weighted by Gasteiger charge is -2.26. The van der Waals surface area contributed by atoms with Gasteiger partial charge in [-0.15, -0.1) is 0 Å². The number of aromatic amines is 1. The highest BCUT2D eigenvalue weighted by molar-refractivity contribution is 5.60. The molecule has 5 nitrogen and oxygen atoms in total. The Balaban J connectivity index is 1.63. The van der Waals surface area contributed by atoms with Crippen molar-refractivity contribution in [3.05, 3.63) is 30.9 Å². The summed E-state index contributed by atoms with van der Waals surface area (Å²) in [7, 11) is 0. The van der Waals surface area contributed by atoms with Crippen LogP contribution in [0.25, 0.3) is 11.1 Å². The topological polar surface area (TPSA) is 79.6 Å². The molecule has 2 heterocycles. The second kappa shape index (κ2) is 5.40. The molecule has 0 unspecified atom stereocenters. The van der Waals surface area contributed by atoms with Crippen LogP contribution in [-0.2, 0) is 0 Å². The van der Waals surface area contributed by atoms with Crippen molar-refractivity contribution >= 4 is 5.95 Å². The molecule has 1 saturated carbocycles. The minimum absolute atomic E-state index is 0.370. The van der Waals surface area contributed by atoms with Gasteiger partial charge >= 0.3 is 0 Å². The Kier molecular flexibility index (Phi) is 3.46. The number of nitrogens with two attached hydrogens (primary N) is 1. The molecule has 0 aromatic carbocycles. The molecule has 0 saturated heterocycles. The second-order valence-corrected chi connectivity index (χ2v) is 5.15. The third-order valence-electron chi connectivity index (χ3n) is 3.69. The van der Waals surface area contributed by atoms with Crippen LogP contribution < -0.4 is 11.1 Å². The van der Waals surface area contributed by atoms with E-state index >= 15 is 0 Å². The van der Waals surface area contributed by atoms with Crippen molar-refractivity contribution in [1.29, 1.82) is 0 Å².